The second-order valence-corrected chi connectivity index (χ2v) is 4.26. The lowest BCUT2D eigenvalue weighted by Gasteiger charge is -2.16. The lowest BCUT2D eigenvalue weighted by molar-refractivity contribution is -0.384. The van der Waals surface area contributed by atoms with Crippen LogP contribution in [-0.2, 0) is 4.79 Å². The van der Waals surface area contributed by atoms with E-state index in [1.807, 2.05) is 0 Å². The molecule has 0 saturated carbocycles. The van der Waals surface area contributed by atoms with Gasteiger partial charge in [-0.25, -0.2) is 0 Å². The third kappa shape index (κ3) is 2.77. The van der Waals surface area contributed by atoms with Crippen LogP contribution in [0.2, 0.25) is 0 Å². The molecule has 0 bridgehead atoms. The summed E-state index contributed by atoms with van der Waals surface area (Å²) >= 11 is 0. The van der Waals surface area contributed by atoms with Crippen LogP contribution in [0.15, 0.2) is 24.3 Å². The molecule has 0 aliphatic carbocycles. The molecule has 1 aromatic carbocycles. The largest absolute Gasteiger partial charge is 0.368 e. The summed E-state index contributed by atoms with van der Waals surface area (Å²) in [6, 6.07) is 5.97. The van der Waals surface area contributed by atoms with Gasteiger partial charge < -0.3 is 10.6 Å². The monoisotopic (exact) mass is 249 g/mol. The molecule has 1 aliphatic heterocycles. The molecule has 1 unspecified atom stereocenters. The van der Waals surface area contributed by atoms with Crippen LogP contribution in [0.1, 0.15) is 19.3 Å². The topological polar surface area (TPSA) is 84.3 Å². The van der Waals surface area contributed by atoms with Crippen LogP contribution in [0.4, 0.5) is 11.4 Å². The first-order chi connectivity index (χ1) is 8.68. The van der Waals surface area contributed by atoms with Gasteiger partial charge in [-0.05, 0) is 25.3 Å². The summed E-state index contributed by atoms with van der Waals surface area (Å²) < 4.78 is 0. The predicted molar refractivity (Wildman–Crippen MR) is 67.4 cm³/mol. The summed E-state index contributed by atoms with van der Waals surface area (Å²) in [6.07, 6.45) is 2.57. The summed E-state index contributed by atoms with van der Waals surface area (Å²) in [6.45, 7) is 0.675. The molecule has 1 heterocycles. The number of amides is 1. The standard InChI is InChI=1S/C12H15N3O3/c16-12-10(6-3-4-8-13-12)14-9-5-1-2-7-11(9)15(17)18/h1-2,5,7,10,14H,3-4,6,8H2,(H,13,16). The van der Waals surface area contributed by atoms with Gasteiger partial charge in [0.2, 0.25) is 5.91 Å². The van der Waals surface area contributed by atoms with Crippen molar-refractivity contribution in [1.29, 1.82) is 0 Å². The van der Waals surface area contributed by atoms with Crippen molar-refractivity contribution in [1.82, 2.24) is 5.32 Å². The fourth-order valence-corrected chi connectivity index (χ4v) is 2.02. The van der Waals surface area contributed by atoms with Gasteiger partial charge in [0, 0.05) is 12.6 Å². The van der Waals surface area contributed by atoms with Gasteiger partial charge in [0.05, 0.1) is 4.92 Å². The number of nitrogens with one attached hydrogen (secondary N) is 2. The maximum Gasteiger partial charge on any atom is 0.292 e. The molecule has 6 heteroatoms. The van der Waals surface area contributed by atoms with Crippen LogP contribution in [0.3, 0.4) is 0 Å². The highest BCUT2D eigenvalue weighted by molar-refractivity contribution is 5.85. The second-order valence-electron chi connectivity index (χ2n) is 4.26. The maximum atomic E-state index is 11.8. The average molecular weight is 249 g/mol. The molecule has 1 aromatic rings. The second kappa shape index (κ2) is 5.48. The molecule has 1 aliphatic rings. The van der Waals surface area contributed by atoms with Crippen molar-refractivity contribution in [2.24, 2.45) is 0 Å². The van der Waals surface area contributed by atoms with E-state index in [4.69, 9.17) is 0 Å². The molecule has 1 fully saturated rings. The number of nitrogens with zero attached hydrogens (tertiary/aromatic N) is 1. The van der Waals surface area contributed by atoms with Crippen LogP contribution in [-0.4, -0.2) is 23.4 Å². The van der Waals surface area contributed by atoms with Gasteiger partial charge in [-0.1, -0.05) is 12.1 Å². The fourth-order valence-electron chi connectivity index (χ4n) is 2.02. The van der Waals surface area contributed by atoms with Gasteiger partial charge in [-0.15, -0.1) is 0 Å². The van der Waals surface area contributed by atoms with Crippen molar-refractivity contribution in [3.8, 4) is 0 Å². The summed E-state index contributed by atoms with van der Waals surface area (Å²) in [4.78, 5) is 22.2. The number of carbonyl (C=O) groups is 1. The molecular formula is C12H15N3O3. The smallest absolute Gasteiger partial charge is 0.292 e. The molecule has 18 heavy (non-hydrogen) atoms. The van der Waals surface area contributed by atoms with Crippen molar-refractivity contribution in [3.63, 3.8) is 0 Å². The number of para-hydroxylation sites is 2. The Morgan fingerprint density at radius 1 is 1.33 bits per heavy atom. The highest BCUT2D eigenvalue weighted by Gasteiger charge is 2.23. The number of carbonyl (C=O) groups excluding carboxylic acids is 1. The Labute approximate surface area is 105 Å². The maximum absolute atomic E-state index is 11.8. The Kier molecular flexibility index (Phi) is 3.76. The Morgan fingerprint density at radius 2 is 2.11 bits per heavy atom. The zero-order chi connectivity index (χ0) is 13.0. The van der Waals surface area contributed by atoms with Gasteiger partial charge in [0.15, 0.2) is 0 Å². The molecule has 2 N–H and O–H groups in total. The quantitative estimate of drug-likeness (QED) is 0.630. The highest BCUT2D eigenvalue weighted by atomic mass is 16.6. The first kappa shape index (κ1) is 12.3. The number of hydrogen-bond donors (Lipinski definition) is 2. The Morgan fingerprint density at radius 3 is 2.89 bits per heavy atom. The third-order valence-corrected chi connectivity index (χ3v) is 2.97. The van der Waals surface area contributed by atoms with Crippen LogP contribution < -0.4 is 10.6 Å². The van der Waals surface area contributed by atoms with E-state index in [9.17, 15) is 14.9 Å². The van der Waals surface area contributed by atoms with E-state index in [-0.39, 0.29) is 11.6 Å². The summed E-state index contributed by atoms with van der Waals surface area (Å²) in [7, 11) is 0. The zero-order valence-corrected chi connectivity index (χ0v) is 9.89. The molecule has 0 spiro atoms. The van der Waals surface area contributed by atoms with Crippen molar-refractivity contribution >= 4 is 17.3 Å². The highest BCUT2D eigenvalue weighted by Crippen LogP contribution is 2.25. The SMILES string of the molecule is O=C1NCCCCC1Nc1ccccc1[N+](=O)[O-]. The average Bonchev–Trinajstić information content (AvgIpc) is 2.55. The molecule has 1 saturated heterocycles. The van der Waals surface area contributed by atoms with E-state index in [2.05, 4.69) is 10.6 Å². The molecule has 96 valence electrons. The van der Waals surface area contributed by atoms with Crippen molar-refractivity contribution < 1.29 is 9.72 Å². The fraction of sp³-hybridized carbons (Fsp3) is 0.417. The molecule has 0 aromatic heterocycles. The van der Waals surface area contributed by atoms with Gasteiger partial charge in [0.25, 0.3) is 5.69 Å². The summed E-state index contributed by atoms with van der Waals surface area (Å²) in [5.41, 5.74) is 0.388. The number of nitro groups is 1. The predicted octanol–water partition coefficient (Wildman–Crippen LogP) is 1.68. The molecule has 0 radical (unpaired) electrons. The van der Waals surface area contributed by atoms with Crippen LogP contribution >= 0.6 is 0 Å². The number of nitro benzene ring substituents is 1. The van der Waals surface area contributed by atoms with Gasteiger partial charge >= 0.3 is 0 Å². The van der Waals surface area contributed by atoms with Crippen LogP contribution in [0.25, 0.3) is 0 Å². The van der Waals surface area contributed by atoms with Crippen LogP contribution in [0.5, 0.6) is 0 Å². The Bertz CT molecular complexity index is 462. The Hall–Kier alpha value is -2.11. The summed E-state index contributed by atoms with van der Waals surface area (Å²) in [5, 5.41) is 16.6. The van der Waals surface area contributed by atoms with Crippen molar-refractivity contribution in [2.45, 2.75) is 25.3 Å². The van der Waals surface area contributed by atoms with E-state index >= 15 is 0 Å². The first-order valence-electron chi connectivity index (χ1n) is 5.96. The lowest BCUT2D eigenvalue weighted by atomic mass is 10.1. The van der Waals surface area contributed by atoms with Crippen LogP contribution in [0, 0.1) is 10.1 Å². The van der Waals surface area contributed by atoms with E-state index in [1.165, 1.54) is 6.07 Å². The minimum Gasteiger partial charge on any atom is -0.368 e. The van der Waals surface area contributed by atoms with E-state index in [0.717, 1.165) is 12.8 Å². The molecule has 1 amide bonds. The van der Waals surface area contributed by atoms with Gasteiger partial charge in [-0.2, -0.15) is 0 Å². The molecule has 2 rings (SSSR count). The number of benzene rings is 1. The van der Waals surface area contributed by atoms with Crippen molar-refractivity contribution in [2.75, 3.05) is 11.9 Å². The third-order valence-electron chi connectivity index (χ3n) is 2.97. The normalized spacial score (nSPS) is 19.8. The van der Waals surface area contributed by atoms with Gasteiger partial charge in [-0.3, -0.25) is 14.9 Å². The molecule has 1 atom stereocenters. The lowest BCUT2D eigenvalue weighted by Crippen LogP contribution is -2.37. The van der Waals surface area contributed by atoms with Gasteiger partial charge in [0.1, 0.15) is 11.7 Å². The molecular weight excluding hydrogens is 234 g/mol. The zero-order valence-electron chi connectivity index (χ0n) is 9.89. The number of rotatable bonds is 3. The number of anilines is 1. The van der Waals surface area contributed by atoms with E-state index in [1.54, 1.807) is 18.2 Å². The van der Waals surface area contributed by atoms with E-state index in [0.29, 0.717) is 18.7 Å². The molecule has 6 nitrogen and oxygen atoms in total. The van der Waals surface area contributed by atoms with E-state index < -0.39 is 11.0 Å². The number of hydrogen-bond acceptors (Lipinski definition) is 4. The first-order valence-corrected chi connectivity index (χ1v) is 5.96. The minimum atomic E-state index is -0.447. The Balaban J connectivity index is 2.17. The van der Waals surface area contributed by atoms with Crippen molar-refractivity contribution in [3.05, 3.63) is 34.4 Å². The summed E-state index contributed by atoms with van der Waals surface area (Å²) in [5.74, 6) is -0.0920. The minimum absolute atomic E-state index is 0.00505.